The zero-order valence-electron chi connectivity index (χ0n) is 8.22. The van der Waals surface area contributed by atoms with Crippen LogP contribution < -0.4 is 11.1 Å². The Bertz CT molecular complexity index is 160. The molecule has 0 spiro atoms. The molecule has 1 saturated heterocycles. The van der Waals surface area contributed by atoms with Gasteiger partial charge < -0.3 is 11.1 Å². The van der Waals surface area contributed by atoms with Crippen molar-refractivity contribution >= 4 is 11.8 Å². The van der Waals surface area contributed by atoms with E-state index in [1.165, 1.54) is 43.6 Å². The number of thioether (sulfide) groups is 1. The molecule has 2 fully saturated rings. The van der Waals surface area contributed by atoms with E-state index in [-0.39, 0.29) is 0 Å². The largest absolute Gasteiger partial charge is 0.329 e. The molecule has 0 aromatic rings. The summed E-state index contributed by atoms with van der Waals surface area (Å²) in [4.78, 5) is 0. The normalized spacial score (nSPS) is 35.8. The van der Waals surface area contributed by atoms with E-state index in [4.69, 9.17) is 5.73 Å². The quantitative estimate of drug-likeness (QED) is 0.722. The van der Waals surface area contributed by atoms with Gasteiger partial charge >= 0.3 is 0 Å². The number of nitrogens with one attached hydrogen (secondary N) is 1. The predicted molar refractivity (Wildman–Crippen MR) is 59.1 cm³/mol. The van der Waals surface area contributed by atoms with Crippen LogP contribution in [0.25, 0.3) is 0 Å². The molecule has 3 heteroatoms. The Morgan fingerprint density at radius 2 is 2.15 bits per heavy atom. The first-order valence-corrected chi connectivity index (χ1v) is 6.56. The van der Waals surface area contributed by atoms with Crippen LogP contribution in [0.4, 0.5) is 0 Å². The molecule has 2 aliphatic rings. The summed E-state index contributed by atoms with van der Waals surface area (Å²) >= 11 is 2.05. The van der Waals surface area contributed by atoms with Gasteiger partial charge in [0.15, 0.2) is 0 Å². The smallest absolute Gasteiger partial charge is 0.0405 e. The van der Waals surface area contributed by atoms with Crippen LogP contribution >= 0.6 is 11.8 Å². The van der Waals surface area contributed by atoms with Crippen molar-refractivity contribution in [2.24, 2.45) is 5.73 Å². The molecule has 2 rings (SSSR count). The lowest BCUT2D eigenvalue weighted by atomic mass is 9.97. The van der Waals surface area contributed by atoms with Crippen LogP contribution in [0.15, 0.2) is 0 Å². The third-order valence-corrected chi connectivity index (χ3v) is 4.61. The van der Waals surface area contributed by atoms with E-state index in [2.05, 4.69) is 5.32 Å². The van der Waals surface area contributed by atoms with Gasteiger partial charge in [-0.05, 0) is 25.0 Å². The van der Waals surface area contributed by atoms with Crippen molar-refractivity contribution in [3.05, 3.63) is 0 Å². The highest BCUT2D eigenvalue weighted by Crippen LogP contribution is 2.30. The third kappa shape index (κ3) is 2.20. The highest BCUT2D eigenvalue weighted by molar-refractivity contribution is 7.99. The molecule has 3 N–H and O–H groups in total. The van der Waals surface area contributed by atoms with Crippen molar-refractivity contribution in [3.63, 3.8) is 0 Å². The molecule has 1 unspecified atom stereocenters. The summed E-state index contributed by atoms with van der Waals surface area (Å²) in [6.45, 7) is 0.816. The van der Waals surface area contributed by atoms with E-state index in [1.54, 1.807) is 0 Å². The number of hydrogen-bond acceptors (Lipinski definition) is 3. The molecule has 1 aliphatic carbocycles. The topological polar surface area (TPSA) is 38.0 Å². The second kappa shape index (κ2) is 4.20. The van der Waals surface area contributed by atoms with Gasteiger partial charge in [0.1, 0.15) is 0 Å². The van der Waals surface area contributed by atoms with Gasteiger partial charge in [-0.25, -0.2) is 0 Å². The van der Waals surface area contributed by atoms with Crippen LogP contribution in [0.5, 0.6) is 0 Å². The van der Waals surface area contributed by atoms with Gasteiger partial charge in [0.05, 0.1) is 0 Å². The lowest BCUT2D eigenvalue weighted by Crippen LogP contribution is -2.54. The third-order valence-electron chi connectivity index (χ3n) is 3.36. The molecule has 0 aromatic heterocycles. The maximum Gasteiger partial charge on any atom is 0.0405 e. The van der Waals surface area contributed by atoms with Crippen LogP contribution in [0.1, 0.15) is 32.1 Å². The average Bonchev–Trinajstić information content (AvgIpc) is 2.77. The maximum absolute atomic E-state index is 5.87. The summed E-state index contributed by atoms with van der Waals surface area (Å²) in [7, 11) is 0. The Morgan fingerprint density at radius 1 is 1.38 bits per heavy atom. The fraction of sp³-hybridized carbons (Fsp3) is 1.00. The molecule has 0 aromatic carbocycles. The highest BCUT2D eigenvalue weighted by Gasteiger charge is 2.35. The minimum absolute atomic E-state index is 0.291. The monoisotopic (exact) mass is 200 g/mol. The summed E-state index contributed by atoms with van der Waals surface area (Å²) in [5, 5.41) is 3.80. The first-order chi connectivity index (χ1) is 6.35. The molecule has 0 radical (unpaired) electrons. The van der Waals surface area contributed by atoms with Crippen LogP contribution in [0.2, 0.25) is 0 Å². The maximum atomic E-state index is 5.87. The number of nitrogens with two attached hydrogens (primary N) is 1. The van der Waals surface area contributed by atoms with Crippen molar-refractivity contribution in [3.8, 4) is 0 Å². The minimum atomic E-state index is 0.291. The van der Waals surface area contributed by atoms with E-state index in [0.29, 0.717) is 5.54 Å². The van der Waals surface area contributed by atoms with Crippen LogP contribution in [-0.4, -0.2) is 29.6 Å². The van der Waals surface area contributed by atoms with Gasteiger partial charge in [0, 0.05) is 23.9 Å². The zero-order valence-corrected chi connectivity index (χ0v) is 9.04. The Morgan fingerprint density at radius 3 is 2.69 bits per heavy atom. The van der Waals surface area contributed by atoms with Gasteiger partial charge in [0.25, 0.3) is 0 Å². The number of hydrogen-bond donors (Lipinski definition) is 2. The zero-order chi connectivity index (χ0) is 9.15. The molecule has 2 nitrogen and oxygen atoms in total. The molecule has 13 heavy (non-hydrogen) atoms. The molecular weight excluding hydrogens is 180 g/mol. The summed E-state index contributed by atoms with van der Waals surface area (Å²) in [5.74, 6) is 2.51. The molecule has 1 atom stereocenters. The predicted octanol–water partition coefficient (Wildman–Crippen LogP) is 1.35. The van der Waals surface area contributed by atoms with E-state index in [0.717, 1.165) is 12.6 Å². The van der Waals surface area contributed by atoms with Crippen molar-refractivity contribution in [2.45, 2.75) is 43.7 Å². The lowest BCUT2D eigenvalue weighted by Gasteiger charge is -2.31. The van der Waals surface area contributed by atoms with Gasteiger partial charge in [-0.3, -0.25) is 0 Å². The van der Waals surface area contributed by atoms with Crippen molar-refractivity contribution in [2.75, 3.05) is 18.1 Å². The Kier molecular flexibility index (Phi) is 3.17. The fourth-order valence-electron chi connectivity index (χ4n) is 2.44. The van der Waals surface area contributed by atoms with E-state index < -0.39 is 0 Å². The molecular formula is C10H20N2S. The first-order valence-electron chi connectivity index (χ1n) is 5.40. The molecule has 0 bridgehead atoms. The average molecular weight is 200 g/mol. The summed E-state index contributed by atoms with van der Waals surface area (Å²) < 4.78 is 0. The Balaban J connectivity index is 1.88. The van der Waals surface area contributed by atoms with Crippen LogP contribution in [0.3, 0.4) is 0 Å². The van der Waals surface area contributed by atoms with Gasteiger partial charge in [-0.15, -0.1) is 0 Å². The summed E-state index contributed by atoms with van der Waals surface area (Å²) in [6, 6.07) is 0.766. The van der Waals surface area contributed by atoms with Crippen molar-refractivity contribution in [1.82, 2.24) is 5.32 Å². The van der Waals surface area contributed by atoms with Crippen LogP contribution in [0, 0.1) is 0 Å². The minimum Gasteiger partial charge on any atom is -0.329 e. The fourth-order valence-corrected chi connectivity index (χ4v) is 3.86. The molecule has 1 heterocycles. The lowest BCUT2D eigenvalue weighted by molar-refractivity contribution is 0.323. The SMILES string of the molecule is NCC1(NC2CCCC2)CCSC1. The van der Waals surface area contributed by atoms with Gasteiger partial charge in [-0.1, -0.05) is 12.8 Å². The second-order valence-electron chi connectivity index (χ2n) is 4.41. The number of rotatable bonds is 3. The highest BCUT2D eigenvalue weighted by atomic mass is 32.2. The molecule has 0 amide bonds. The van der Waals surface area contributed by atoms with Gasteiger partial charge in [0.2, 0.25) is 0 Å². The molecule has 76 valence electrons. The van der Waals surface area contributed by atoms with Crippen molar-refractivity contribution < 1.29 is 0 Å². The molecule has 1 saturated carbocycles. The van der Waals surface area contributed by atoms with Gasteiger partial charge in [-0.2, -0.15) is 11.8 Å². The van der Waals surface area contributed by atoms with E-state index in [1.807, 2.05) is 11.8 Å². The second-order valence-corrected chi connectivity index (χ2v) is 5.52. The van der Waals surface area contributed by atoms with E-state index >= 15 is 0 Å². The van der Waals surface area contributed by atoms with Crippen LogP contribution in [-0.2, 0) is 0 Å². The Hall–Kier alpha value is 0.270. The molecule has 1 aliphatic heterocycles. The van der Waals surface area contributed by atoms with E-state index in [9.17, 15) is 0 Å². The Labute approximate surface area is 85.0 Å². The standard InChI is InChI=1S/C10H20N2S/c11-7-10(5-6-13-8-10)12-9-3-1-2-4-9/h9,12H,1-8,11H2. The summed E-state index contributed by atoms with van der Waals surface area (Å²) in [6.07, 6.45) is 6.82. The van der Waals surface area contributed by atoms with Crippen molar-refractivity contribution in [1.29, 1.82) is 0 Å². The summed E-state index contributed by atoms with van der Waals surface area (Å²) in [5.41, 5.74) is 6.16. The first kappa shape index (κ1) is 9.81.